The van der Waals surface area contributed by atoms with Crippen LogP contribution in [0.25, 0.3) is 5.65 Å². The molecule has 5 rings (SSSR count). The monoisotopic (exact) mass is 464 g/mol. The number of halogens is 3. The molecule has 3 heterocycles. The molecule has 0 fully saturated rings. The molecule has 0 saturated carbocycles. The molecule has 0 atom stereocenters. The molecule has 0 saturated heterocycles. The molecule has 1 aliphatic rings. The lowest BCUT2D eigenvalue weighted by Crippen LogP contribution is -2.36. The number of imidazole rings is 1. The maximum Gasteiger partial charge on any atom is 0.266 e. The minimum atomic E-state index is -2.99. The number of carbonyl (C=O) groups excluding carboxylic acids is 2. The molecule has 2 aromatic carbocycles. The van der Waals surface area contributed by atoms with Crippen LogP contribution in [0.15, 0.2) is 67.1 Å². The van der Waals surface area contributed by atoms with Crippen molar-refractivity contribution in [2.45, 2.75) is 19.4 Å². The normalized spacial score (nSPS) is 13.2. The van der Waals surface area contributed by atoms with Gasteiger partial charge in [0.15, 0.2) is 0 Å². The van der Waals surface area contributed by atoms with Crippen molar-refractivity contribution in [1.29, 1.82) is 0 Å². The number of pyridine rings is 1. The van der Waals surface area contributed by atoms with Gasteiger partial charge in [0.2, 0.25) is 0 Å². The Hall–Kier alpha value is -4.14. The first-order valence-electron chi connectivity index (χ1n) is 10.6. The first-order valence-corrected chi connectivity index (χ1v) is 10.6. The third-order valence-electron chi connectivity index (χ3n) is 5.89. The van der Waals surface area contributed by atoms with Gasteiger partial charge in [-0.05, 0) is 60.0 Å². The summed E-state index contributed by atoms with van der Waals surface area (Å²) in [6.07, 6.45) is 2.83. The van der Waals surface area contributed by atoms with Crippen LogP contribution in [0.5, 0.6) is 0 Å². The van der Waals surface area contributed by atoms with E-state index >= 15 is 0 Å². The van der Waals surface area contributed by atoms with Crippen LogP contribution < -0.4 is 5.32 Å². The number of nitrogens with one attached hydrogen (secondary N) is 1. The molecule has 0 unspecified atom stereocenters. The predicted octanol–water partition coefficient (Wildman–Crippen LogP) is 4.86. The number of alkyl halides is 2. The van der Waals surface area contributed by atoms with Gasteiger partial charge < -0.3 is 14.6 Å². The molecule has 0 aliphatic carbocycles. The summed E-state index contributed by atoms with van der Waals surface area (Å²) in [6.45, 7) is 0.884. The van der Waals surface area contributed by atoms with Crippen LogP contribution >= 0.6 is 0 Å². The molecule has 4 aromatic rings. The van der Waals surface area contributed by atoms with Crippen molar-refractivity contribution in [3.05, 3.63) is 101 Å². The SMILES string of the molecule is O=C(Nc1ccc(F)c(C(F)F)c1)c1ccc2c(c1)CN(C(=O)c1ccc3nccn3c1)CC2. The molecular formula is C25H19F3N4O2. The van der Waals surface area contributed by atoms with Gasteiger partial charge in [0.05, 0.1) is 11.1 Å². The topological polar surface area (TPSA) is 66.7 Å². The van der Waals surface area contributed by atoms with E-state index in [0.29, 0.717) is 30.6 Å². The van der Waals surface area contributed by atoms with E-state index in [0.717, 1.165) is 28.9 Å². The molecule has 0 radical (unpaired) electrons. The highest BCUT2D eigenvalue weighted by molar-refractivity contribution is 6.04. The van der Waals surface area contributed by atoms with Crippen molar-refractivity contribution in [2.75, 3.05) is 11.9 Å². The number of benzene rings is 2. The van der Waals surface area contributed by atoms with Gasteiger partial charge in [0, 0.05) is 42.9 Å². The van der Waals surface area contributed by atoms with Crippen LogP contribution in [0.3, 0.4) is 0 Å². The van der Waals surface area contributed by atoms with Crippen molar-refractivity contribution < 1.29 is 22.8 Å². The lowest BCUT2D eigenvalue weighted by molar-refractivity contribution is 0.0734. The third-order valence-corrected chi connectivity index (χ3v) is 5.89. The summed E-state index contributed by atoms with van der Waals surface area (Å²) in [6, 6.07) is 11.7. The number of hydrogen-bond acceptors (Lipinski definition) is 3. The molecule has 1 aliphatic heterocycles. The largest absolute Gasteiger partial charge is 0.334 e. The second-order valence-electron chi connectivity index (χ2n) is 8.06. The highest BCUT2D eigenvalue weighted by atomic mass is 19.3. The van der Waals surface area contributed by atoms with E-state index in [4.69, 9.17) is 0 Å². The fourth-order valence-corrected chi connectivity index (χ4v) is 4.09. The Bertz CT molecular complexity index is 1420. The zero-order valence-electron chi connectivity index (χ0n) is 17.8. The van der Waals surface area contributed by atoms with Crippen LogP contribution in [0.1, 0.15) is 43.8 Å². The van der Waals surface area contributed by atoms with Crippen LogP contribution in [-0.2, 0) is 13.0 Å². The highest BCUT2D eigenvalue weighted by Gasteiger charge is 2.23. The molecule has 172 valence electrons. The number of aromatic nitrogens is 2. The van der Waals surface area contributed by atoms with Gasteiger partial charge in [-0.3, -0.25) is 9.59 Å². The van der Waals surface area contributed by atoms with E-state index in [1.807, 2.05) is 6.07 Å². The molecule has 0 bridgehead atoms. The van der Waals surface area contributed by atoms with Gasteiger partial charge in [0.1, 0.15) is 11.5 Å². The van der Waals surface area contributed by atoms with E-state index < -0.39 is 23.7 Å². The van der Waals surface area contributed by atoms with Crippen molar-refractivity contribution in [1.82, 2.24) is 14.3 Å². The van der Waals surface area contributed by atoms with E-state index in [1.165, 1.54) is 6.07 Å². The molecular weight excluding hydrogens is 445 g/mol. The van der Waals surface area contributed by atoms with E-state index in [2.05, 4.69) is 10.3 Å². The average Bonchev–Trinajstić information content (AvgIpc) is 3.32. The van der Waals surface area contributed by atoms with Gasteiger partial charge in [-0.25, -0.2) is 18.2 Å². The summed E-state index contributed by atoms with van der Waals surface area (Å²) in [5, 5.41) is 2.53. The van der Waals surface area contributed by atoms with Crippen molar-refractivity contribution in [3.8, 4) is 0 Å². The number of fused-ring (bicyclic) bond motifs is 2. The first kappa shape index (κ1) is 21.7. The van der Waals surface area contributed by atoms with Gasteiger partial charge >= 0.3 is 0 Å². The minimum absolute atomic E-state index is 0.0751. The Kier molecular flexibility index (Phi) is 5.53. The van der Waals surface area contributed by atoms with Gasteiger partial charge in [-0.1, -0.05) is 6.07 Å². The van der Waals surface area contributed by atoms with Crippen molar-refractivity contribution >= 4 is 23.1 Å². The lowest BCUT2D eigenvalue weighted by Gasteiger charge is -2.29. The predicted molar refractivity (Wildman–Crippen MR) is 119 cm³/mol. The molecule has 0 spiro atoms. The molecule has 9 heteroatoms. The number of rotatable bonds is 4. The second-order valence-corrected chi connectivity index (χ2v) is 8.06. The number of hydrogen-bond donors (Lipinski definition) is 1. The fraction of sp³-hybridized carbons (Fsp3) is 0.160. The summed E-state index contributed by atoms with van der Waals surface area (Å²) in [5.74, 6) is -1.66. The minimum Gasteiger partial charge on any atom is -0.334 e. The van der Waals surface area contributed by atoms with Crippen LogP contribution in [0, 0.1) is 5.82 Å². The Morgan fingerprint density at radius 1 is 1.00 bits per heavy atom. The molecule has 2 aromatic heterocycles. The zero-order valence-corrected chi connectivity index (χ0v) is 17.8. The lowest BCUT2D eigenvalue weighted by atomic mass is 9.96. The smallest absolute Gasteiger partial charge is 0.266 e. The quantitative estimate of drug-likeness (QED) is 0.469. The fourth-order valence-electron chi connectivity index (χ4n) is 4.09. The maximum absolute atomic E-state index is 13.5. The summed E-state index contributed by atoms with van der Waals surface area (Å²) >= 11 is 0. The average molecular weight is 464 g/mol. The number of amides is 2. The summed E-state index contributed by atoms with van der Waals surface area (Å²) in [7, 11) is 0. The molecule has 34 heavy (non-hydrogen) atoms. The first-order chi connectivity index (χ1) is 16.4. The maximum atomic E-state index is 13.5. The summed E-state index contributed by atoms with van der Waals surface area (Å²) in [5.41, 5.74) is 2.77. The van der Waals surface area contributed by atoms with Crippen molar-refractivity contribution in [3.63, 3.8) is 0 Å². The zero-order chi connectivity index (χ0) is 23.8. The number of anilines is 1. The highest BCUT2D eigenvalue weighted by Crippen LogP contribution is 2.26. The van der Waals surface area contributed by atoms with E-state index in [1.54, 1.807) is 52.2 Å². The van der Waals surface area contributed by atoms with Crippen LogP contribution in [0.2, 0.25) is 0 Å². The van der Waals surface area contributed by atoms with E-state index in [9.17, 15) is 22.8 Å². The van der Waals surface area contributed by atoms with Crippen LogP contribution in [-0.4, -0.2) is 32.6 Å². The molecule has 1 N–H and O–H groups in total. The number of nitrogens with zero attached hydrogens (tertiary/aromatic N) is 3. The summed E-state index contributed by atoms with van der Waals surface area (Å²) < 4.78 is 41.2. The Morgan fingerprint density at radius 2 is 1.82 bits per heavy atom. The third kappa shape index (κ3) is 4.12. The Balaban J connectivity index is 1.33. The summed E-state index contributed by atoms with van der Waals surface area (Å²) in [4.78, 5) is 31.7. The Morgan fingerprint density at radius 3 is 2.65 bits per heavy atom. The Labute approximate surface area is 192 Å². The van der Waals surface area contributed by atoms with Gasteiger partial charge in [-0.2, -0.15) is 0 Å². The van der Waals surface area contributed by atoms with Crippen molar-refractivity contribution in [2.24, 2.45) is 0 Å². The van der Waals surface area contributed by atoms with Crippen LogP contribution in [0.4, 0.5) is 18.9 Å². The van der Waals surface area contributed by atoms with Gasteiger partial charge in [-0.15, -0.1) is 0 Å². The second kappa shape index (κ2) is 8.66. The van der Waals surface area contributed by atoms with E-state index in [-0.39, 0.29) is 11.6 Å². The van der Waals surface area contributed by atoms with Gasteiger partial charge in [0.25, 0.3) is 18.2 Å². The molecule has 6 nitrogen and oxygen atoms in total. The molecule has 2 amide bonds. The number of carbonyl (C=O) groups is 2. The standard InChI is InChI=1S/C25H19F3N4O2/c26-21-5-4-19(12-20(21)23(27)28)30-24(33)16-2-1-15-7-9-32(14-18(15)11-16)25(34)17-3-6-22-29-8-10-31(22)13-17/h1-6,8,10-13,23H,7,9,14H2,(H,30,33).